The van der Waals surface area contributed by atoms with Crippen LogP contribution in [-0.4, -0.2) is 50.5 Å². The minimum atomic E-state index is -0.531. The minimum Gasteiger partial charge on any atom is -0.444 e. The van der Waals surface area contributed by atoms with Gasteiger partial charge in [-0.2, -0.15) is 0 Å². The van der Waals surface area contributed by atoms with Crippen LogP contribution in [-0.2, 0) is 9.53 Å². The SMILES string of the molecule is Cc1ccncc1-c1cc2cc(NC(=O)[C@H]3[C@@H]4CN(C(=O)OC(C)(C)C)C[C@@H]43)ncc2c(N)n1. The van der Waals surface area contributed by atoms with Gasteiger partial charge in [0.25, 0.3) is 0 Å². The second-order valence-electron chi connectivity index (χ2n) is 10.1. The van der Waals surface area contributed by atoms with Crippen LogP contribution < -0.4 is 11.1 Å². The molecule has 2 fully saturated rings. The van der Waals surface area contributed by atoms with Gasteiger partial charge in [0, 0.05) is 48.5 Å². The maximum absolute atomic E-state index is 12.9. The van der Waals surface area contributed by atoms with Gasteiger partial charge in [0.15, 0.2) is 0 Å². The molecule has 0 spiro atoms. The fraction of sp³-hybridized carbons (Fsp3) is 0.400. The molecule has 34 heavy (non-hydrogen) atoms. The Bertz CT molecular complexity index is 1290. The van der Waals surface area contributed by atoms with E-state index in [9.17, 15) is 9.59 Å². The molecule has 9 heteroatoms. The van der Waals surface area contributed by atoms with Crippen molar-refractivity contribution >= 4 is 34.4 Å². The van der Waals surface area contributed by atoms with Crippen LogP contribution in [0.25, 0.3) is 22.0 Å². The average Bonchev–Trinajstić information content (AvgIpc) is 3.26. The predicted octanol–water partition coefficient (Wildman–Crippen LogP) is 3.63. The lowest BCUT2D eigenvalue weighted by Crippen LogP contribution is -2.38. The normalized spacial score (nSPS) is 21.3. The molecule has 4 heterocycles. The Morgan fingerprint density at radius 2 is 1.91 bits per heavy atom. The Morgan fingerprint density at radius 3 is 2.59 bits per heavy atom. The summed E-state index contributed by atoms with van der Waals surface area (Å²) in [5, 5.41) is 4.50. The van der Waals surface area contributed by atoms with E-state index in [0.717, 1.165) is 27.6 Å². The summed E-state index contributed by atoms with van der Waals surface area (Å²) in [6.45, 7) is 8.61. The molecular formula is C25H28N6O3. The topological polar surface area (TPSA) is 123 Å². The molecule has 2 amide bonds. The number of ether oxygens (including phenoxy) is 1. The summed E-state index contributed by atoms with van der Waals surface area (Å²) in [6, 6.07) is 5.66. The fourth-order valence-electron chi connectivity index (χ4n) is 4.71. The average molecular weight is 461 g/mol. The molecule has 3 atom stereocenters. The molecule has 0 bridgehead atoms. The largest absolute Gasteiger partial charge is 0.444 e. The number of nitrogens with two attached hydrogens (primary N) is 1. The highest BCUT2D eigenvalue weighted by Crippen LogP contribution is 2.52. The van der Waals surface area contributed by atoms with Crippen LogP contribution in [0.15, 0.2) is 36.8 Å². The smallest absolute Gasteiger partial charge is 0.410 e. The monoisotopic (exact) mass is 460 g/mol. The van der Waals surface area contributed by atoms with Crippen LogP contribution >= 0.6 is 0 Å². The molecule has 2 aliphatic rings. The molecule has 1 aliphatic heterocycles. The number of anilines is 2. The zero-order chi connectivity index (χ0) is 24.2. The van der Waals surface area contributed by atoms with Gasteiger partial charge in [0.1, 0.15) is 17.2 Å². The second kappa shape index (κ2) is 7.93. The number of amides is 2. The summed E-state index contributed by atoms with van der Waals surface area (Å²) in [7, 11) is 0. The Balaban J connectivity index is 1.28. The lowest BCUT2D eigenvalue weighted by atomic mass is 10.1. The number of carbonyl (C=O) groups is 2. The number of carbonyl (C=O) groups excluding carboxylic acids is 2. The van der Waals surface area contributed by atoms with Crippen LogP contribution in [0.3, 0.4) is 0 Å². The summed E-state index contributed by atoms with van der Waals surface area (Å²) < 4.78 is 5.44. The van der Waals surface area contributed by atoms with Crippen molar-refractivity contribution in [2.24, 2.45) is 17.8 Å². The molecule has 5 rings (SSSR count). The number of rotatable bonds is 3. The van der Waals surface area contributed by atoms with Crippen molar-refractivity contribution in [2.75, 3.05) is 24.1 Å². The molecule has 1 aliphatic carbocycles. The van der Waals surface area contributed by atoms with Crippen LogP contribution in [0.4, 0.5) is 16.4 Å². The van der Waals surface area contributed by atoms with Gasteiger partial charge in [0.05, 0.1) is 5.69 Å². The molecule has 0 radical (unpaired) electrons. The zero-order valence-corrected chi connectivity index (χ0v) is 19.7. The predicted molar refractivity (Wildman–Crippen MR) is 129 cm³/mol. The summed E-state index contributed by atoms with van der Waals surface area (Å²) in [5.41, 5.74) is 8.33. The molecule has 3 N–H and O–H groups in total. The number of piperidine rings is 1. The molecule has 3 aromatic heterocycles. The number of nitrogens with zero attached hydrogens (tertiary/aromatic N) is 4. The molecule has 9 nitrogen and oxygen atoms in total. The van der Waals surface area contributed by atoms with E-state index in [4.69, 9.17) is 10.5 Å². The quantitative estimate of drug-likeness (QED) is 0.612. The van der Waals surface area contributed by atoms with Crippen LogP contribution in [0.2, 0.25) is 0 Å². The van der Waals surface area contributed by atoms with E-state index >= 15 is 0 Å². The zero-order valence-electron chi connectivity index (χ0n) is 19.7. The van der Waals surface area contributed by atoms with E-state index in [1.54, 1.807) is 23.5 Å². The van der Waals surface area contributed by atoms with Crippen molar-refractivity contribution in [3.8, 4) is 11.3 Å². The lowest BCUT2D eigenvalue weighted by molar-refractivity contribution is -0.118. The number of nitrogen functional groups attached to an aromatic ring is 1. The third-order valence-electron chi connectivity index (χ3n) is 6.46. The summed E-state index contributed by atoms with van der Waals surface area (Å²) in [4.78, 5) is 39.9. The first kappa shape index (κ1) is 22.1. The molecule has 3 aromatic rings. The van der Waals surface area contributed by atoms with Crippen molar-refractivity contribution in [3.05, 3.63) is 42.4 Å². The Kier molecular flexibility index (Phi) is 5.15. The Morgan fingerprint density at radius 1 is 1.18 bits per heavy atom. The van der Waals surface area contributed by atoms with Crippen molar-refractivity contribution in [1.29, 1.82) is 0 Å². The van der Waals surface area contributed by atoms with E-state index in [1.807, 2.05) is 45.9 Å². The summed E-state index contributed by atoms with van der Waals surface area (Å²) in [6.07, 6.45) is 4.81. The maximum atomic E-state index is 12.9. The maximum Gasteiger partial charge on any atom is 0.410 e. The van der Waals surface area contributed by atoms with E-state index in [0.29, 0.717) is 24.7 Å². The standard InChI is InChI=1S/C25H28N6O3/c1-13-5-6-27-9-15(13)19-7-14-8-20(28-10-16(14)22(26)29-19)30-23(32)21-17-11-31(12-18(17)21)24(33)34-25(2,3)4/h5-10,17-18,21H,11-12H2,1-4H3,(H2,26,29)(H,28,30,32)/t17-,18+,21+. The highest BCUT2D eigenvalue weighted by atomic mass is 16.6. The third-order valence-corrected chi connectivity index (χ3v) is 6.46. The van der Waals surface area contributed by atoms with Crippen molar-refractivity contribution in [3.63, 3.8) is 0 Å². The van der Waals surface area contributed by atoms with Gasteiger partial charge >= 0.3 is 6.09 Å². The lowest BCUT2D eigenvalue weighted by Gasteiger charge is -2.25. The Hall–Kier alpha value is -3.75. The highest BCUT2D eigenvalue weighted by Gasteiger charge is 2.60. The molecule has 0 unspecified atom stereocenters. The van der Waals surface area contributed by atoms with E-state index in [-0.39, 0.29) is 29.8 Å². The summed E-state index contributed by atoms with van der Waals surface area (Å²) >= 11 is 0. The van der Waals surface area contributed by atoms with Gasteiger partial charge in [-0.05, 0) is 68.7 Å². The van der Waals surface area contributed by atoms with Crippen molar-refractivity contribution in [1.82, 2.24) is 19.9 Å². The van der Waals surface area contributed by atoms with Crippen molar-refractivity contribution in [2.45, 2.75) is 33.3 Å². The molecule has 1 saturated heterocycles. The number of aromatic nitrogens is 3. The number of aryl methyl sites for hydroxylation is 1. The molecule has 176 valence electrons. The van der Waals surface area contributed by atoms with Gasteiger partial charge < -0.3 is 20.7 Å². The number of nitrogens with one attached hydrogen (secondary N) is 1. The van der Waals surface area contributed by atoms with Gasteiger partial charge in [-0.3, -0.25) is 9.78 Å². The van der Waals surface area contributed by atoms with E-state index in [2.05, 4.69) is 20.3 Å². The Labute approximate surface area is 197 Å². The van der Waals surface area contributed by atoms with Crippen molar-refractivity contribution < 1.29 is 14.3 Å². The third kappa shape index (κ3) is 4.13. The first-order valence-electron chi connectivity index (χ1n) is 11.4. The van der Waals surface area contributed by atoms with Gasteiger partial charge in [-0.25, -0.2) is 14.8 Å². The van der Waals surface area contributed by atoms with E-state index in [1.165, 1.54) is 0 Å². The number of likely N-dealkylation sites (tertiary alicyclic amines) is 1. The summed E-state index contributed by atoms with van der Waals surface area (Å²) in [5.74, 6) is 0.968. The molecular weight excluding hydrogens is 432 g/mol. The van der Waals surface area contributed by atoms with Crippen LogP contribution in [0.1, 0.15) is 26.3 Å². The highest BCUT2D eigenvalue weighted by molar-refractivity contribution is 5.99. The molecule has 1 saturated carbocycles. The van der Waals surface area contributed by atoms with Gasteiger partial charge in [0.2, 0.25) is 5.91 Å². The van der Waals surface area contributed by atoms with E-state index < -0.39 is 5.60 Å². The number of fused-ring (bicyclic) bond motifs is 2. The first-order valence-corrected chi connectivity index (χ1v) is 11.4. The minimum absolute atomic E-state index is 0.0731. The first-order chi connectivity index (χ1) is 16.1. The fourth-order valence-corrected chi connectivity index (χ4v) is 4.71. The van der Waals surface area contributed by atoms with Gasteiger partial charge in [-0.1, -0.05) is 0 Å². The van der Waals surface area contributed by atoms with Crippen LogP contribution in [0, 0.1) is 24.7 Å². The number of hydrogen-bond acceptors (Lipinski definition) is 7. The molecule has 0 aromatic carbocycles. The van der Waals surface area contributed by atoms with Gasteiger partial charge in [-0.15, -0.1) is 0 Å². The second-order valence-corrected chi connectivity index (χ2v) is 10.1. The number of pyridine rings is 3. The van der Waals surface area contributed by atoms with Crippen LogP contribution in [0.5, 0.6) is 0 Å². The number of hydrogen-bond donors (Lipinski definition) is 2.